The minimum Gasteiger partial charge on any atom is -0.309 e. The average molecular weight is 765 g/mol. The number of rotatable bonds is 5. The molecular formula is C51H32N4S2. The molecule has 4 heterocycles. The lowest BCUT2D eigenvalue weighted by atomic mass is 10.0. The van der Waals surface area contributed by atoms with E-state index in [1.54, 1.807) is 0 Å². The van der Waals surface area contributed by atoms with Crippen LogP contribution in [0.1, 0.15) is 18.7 Å². The number of benzene rings is 7. The van der Waals surface area contributed by atoms with Gasteiger partial charge in [0.1, 0.15) is 0 Å². The number of aromatic nitrogens is 4. The SMILES string of the molecule is C1=CCCC(c2nc(-c3ccccc3)nc(-c3ccc4c(c3)c3ccc(-c5ccc6c(c5)sc5ccccc56)cc3n4-c3ccc4c(c3)sc3ccccc34)n2)=C1. The van der Waals surface area contributed by atoms with Crippen LogP contribution in [0.15, 0.2) is 170 Å². The van der Waals surface area contributed by atoms with Gasteiger partial charge in [-0.1, -0.05) is 115 Å². The first-order valence-corrected chi connectivity index (χ1v) is 20.9. The third kappa shape index (κ3) is 5.36. The first kappa shape index (κ1) is 32.5. The summed E-state index contributed by atoms with van der Waals surface area (Å²) in [5.41, 5.74) is 8.93. The van der Waals surface area contributed by atoms with Gasteiger partial charge in [-0.3, -0.25) is 0 Å². The van der Waals surface area contributed by atoms with Crippen molar-refractivity contribution >= 4 is 90.4 Å². The lowest BCUT2D eigenvalue weighted by Crippen LogP contribution is -2.03. The molecule has 0 fully saturated rings. The van der Waals surface area contributed by atoms with Gasteiger partial charge in [-0.05, 0) is 84.1 Å². The van der Waals surface area contributed by atoms with E-state index in [0.717, 1.165) is 57.5 Å². The van der Waals surface area contributed by atoms with Gasteiger partial charge in [-0.2, -0.15) is 0 Å². The quantitative estimate of drug-likeness (QED) is 0.175. The fourth-order valence-electron chi connectivity index (χ4n) is 8.53. The molecular weight excluding hydrogens is 733 g/mol. The Morgan fingerprint density at radius 1 is 0.421 bits per heavy atom. The normalized spacial score (nSPS) is 13.2. The molecule has 4 nitrogen and oxygen atoms in total. The highest BCUT2D eigenvalue weighted by Gasteiger charge is 2.19. The second kappa shape index (κ2) is 12.9. The molecule has 57 heavy (non-hydrogen) atoms. The monoisotopic (exact) mass is 764 g/mol. The zero-order valence-corrected chi connectivity index (χ0v) is 32.3. The highest BCUT2D eigenvalue weighted by molar-refractivity contribution is 7.26. The molecule has 1 aliphatic rings. The fourth-order valence-corrected chi connectivity index (χ4v) is 10.8. The Kier molecular flexibility index (Phi) is 7.37. The van der Waals surface area contributed by atoms with Gasteiger partial charge < -0.3 is 4.57 Å². The number of thiophene rings is 2. The molecule has 0 radical (unpaired) electrons. The maximum Gasteiger partial charge on any atom is 0.164 e. The molecule has 268 valence electrons. The van der Waals surface area contributed by atoms with E-state index in [9.17, 15) is 0 Å². The van der Waals surface area contributed by atoms with Crippen LogP contribution in [0.5, 0.6) is 0 Å². The molecule has 4 aromatic heterocycles. The number of hydrogen-bond acceptors (Lipinski definition) is 5. The molecule has 12 rings (SSSR count). The van der Waals surface area contributed by atoms with E-state index in [4.69, 9.17) is 15.0 Å². The predicted molar refractivity (Wildman–Crippen MR) is 243 cm³/mol. The van der Waals surface area contributed by atoms with Gasteiger partial charge in [0, 0.05) is 67.9 Å². The largest absolute Gasteiger partial charge is 0.309 e. The van der Waals surface area contributed by atoms with Crippen molar-refractivity contribution in [3.05, 3.63) is 176 Å². The number of fused-ring (bicyclic) bond motifs is 9. The molecule has 0 saturated carbocycles. The number of allylic oxidation sites excluding steroid dienone is 4. The highest BCUT2D eigenvalue weighted by atomic mass is 32.1. The Labute approximate surface area is 336 Å². The highest BCUT2D eigenvalue weighted by Crippen LogP contribution is 2.41. The molecule has 0 bridgehead atoms. The zero-order chi connectivity index (χ0) is 37.5. The van der Waals surface area contributed by atoms with Gasteiger partial charge in [0.2, 0.25) is 0 Å². The minimum atomic E-state index is 0.678. The zero-order valence-electron chi connectivity index (χ0n) is 30.7. The summed E-state index contributed by atoms with van der Waals surface area (Å²) in [4.78, 5) is 15.2. The molecule has 7 aromatic carbocycles. The van der Waals surface area contributed by atoms with Crippen LogP contribution < -0.4 is 0 Å². The summed E-state index contributed by atoms with van der Waals surface area (Å²) in [5, 5.41) is 7.58. The van der Waals surface area contributed by atoms with Crippen molar-refractivity contribution in [2.75, 3.05) is 0 Å². The van der Waals surface area contributed by atoms with Crippen molar-refractivity contribution in [3.63, 3.8) is 0 Å². The molecule has 0 aliphatic heterocycles. The molecule has 0 saturated heterocycles. The second-order valence-electron chi connectivity index (χ2n) is 14.7. The minimum absolute atomic E-state index is 0.678. The standard InChI is InChI=1S/C51H32N4S2/c1-3-11-31(12-4-1)49-52-50(32-13-5-2-6-14-32)54-51(53-49)35-21-26-43-42(27-35)37-23-19-33(34-20-24-40-38-15-7-9-17-45(38)56-47(40)29-34)28-44(37)55(43)36-22-25-41-39-16-8-10-18-46(39)57-48(41)30-36/h1-5,7-13,15-30H,6,14H2. The summed E-state index contributed by atoms with van der Waals surface area (Å²) in [6.45, 7) is 0. The summed E-state index contributed by atoms with van der Waals surface area (Å²) in [6, 6.07) is 55.1. The number of hydrogen-bond donors (Lipinski definition) is 0. The van der Waals surface area contributed by atoms with Gasteiger partial charge in [0.05, 0.1) is 11.0 Å². The Balaban J connectivity index is 1.07. The van der Waals surface area contributed by atoms with Crippen LogP contribution in [0.4, 0.5) is 0 Å². The van der Waals surface area contributed by atoms with Crippen molar-refractivity contribution < 1.29 is 0 Å². The summed E-state index contributed by atoms with van der Waals surface area (Å²) in [6.07, 6.45) is 8.32. The van der Waals surface area contributed by atoms with Gasteiger partial charge in [-0.25, -0.2) is 15.0 Å². The summed E-state index contributed by atoms with van der Waals surface area (Å²) < 4.78 is 7.65. The van der Waals surface area contributed by atoms with Crippen LogP contribution in [0.25, 0.3) is 107 Å². The summed E-state index contributed by atoms with van der Waals surface area (Å²) in [5.74, 6) is 2.10. The first-order chi connectivity index (χ1) is 28.2. The van der Waals surface area contributed by atoms with E-state index in [0.29, 0.717) is 11.6 Å². The van der Waals surface area contributed by atoms with Gasteiger partial charge >= 0.3 is 0 Å². The van der Waals surface area contributed by atoms with Crippen LogP contribution in [0.3, 0.4) is 0 Å². The number of nitrogens with zero attached hydrogens (tertiary/aromatic N) is 4. The van der Waals surface area contributed by atoms with Crippen LogP contribution in [-0.2, 0) is 0 Å². The van der Waals surface area contributed by atoms with Gasteiger partial charge in [0.25, 0.3) is 0 Å². The average Bonchev–Trinajstić information content (AvgIpc) is 3.95. The maximum absolute atomic E-state index is 5.13. The predicted octanol–water partition coefficient (Wildman–Crippen LogP) is 14.4. The fraction of sp³-hybridized carbons (Fsp3) is 0.0392. The van der Waals surface area contributed by atoms with Crippen molar-refractivity contribution in [2.45, 2.75) is 12.8 Å². The Hall–Kier alpha value is -6.73. The Morgan fingerprint density at radius 2 is 1.04 bits per heavy atom. The molecule has 0 atom stereocenters. The third-order valence-electron chi connectivity index (χ3n) is 11.3. The van der Waals surface area contributed by atoms with Crippen LogP contribution in [0.2, 0.25) is 0 Å². The third-order valence-corrected chi connectivity index (χ3v) is 13.6. The van der Waals surface area contributed by atoms with Crippen LogP contribution >= 0.6 is 22.7 Å². The van der Waals surface area contributed by atoms with E-state index in [-0.39, 0.29) is 0 Å². The van der Waals surface area contributed by atoms with E-state index < -0.39 is 0 Å². The van der Waals surface area contributed by atoms with Crippen LogP contribution in [0, 0.1) is 0 Å². The van der Waals surface area contributed by atoms with Crippen LogP contribution in [-0.4, -0.2) is 19.5 Å². The van der Waals surface area contributed by atoms with E-state index in [2.05, 4.69) is 156 Å². The second-order valence-corrected chi connectivity index (χ2v) is 16.9. The van der Waals surface area contributed by atoms with E-state index in [1.807, 2.05) is 40.9 Å². The topological polar surface area (TPSA) is 43.6 Å². The molecule has 0 unspecified atom stereocenters. The lowest BCUT2D eigenvalue weighted by molar-refractivity contribution is 0.978. The van der Waals surface area contributed by atoms with Crippen molar-refractivity contribution in [3.8, 4) is 39.6 Å². The summed E-state index contributed by atoms with van der Waals surface area (Å²) >= 11 is 3.72. The Morgan fingerprint density at radius 3 is 1.79 bits per heavy atom. The Bertz CT molecular complexity index is 3470. The molecule has 0 amide bonds. The van der Waals surface area contributed by atoms with E-state index >= 15 is 0 Å². The lowest BCUT2D eigenvalue weighted by Gasteiger charge is -2.12. The first-order valence-electron chi connectivity index (χ1n) is 19.3. The van der Waals surface area contributed by atoms with Crippen molar-refractivity contribution in [1.82, 2.24) is 19.5 Å². The molecule has 11 aromatic rings. The molecule has 1 aliphatic carbocycles. The van der Waals surface area contributed by atoms with E-state index in [1.165, 1.54) is 56.9 Å². The molecule has 6 heteroatoms. The maximum atomic E-state index is 5.13. The smallest absolute Gasteiger partial charge is 0.164 e. The molecule has 0 spiro atoms. The van der Waals surface area contributed by atoms with Crippen molar-refractivity contribution in [2.24, 2.45) is 0 Å². The van der Waals surface area contributed by atoms with Gasteiger partial charge in [-0.15, -0.1) is 22.7 Å². The summed E-state index contributed by atoms with van der Waals surface area (Å²) in [7, 11) is 0. The van der Waals surface area contributed by atoms with Crippen molar-refractivity contribution in [1.29, 1.82) is 0 Å². The van der Waals surface area contributed by atoms with Gasteiger partial charge in [0.15, 0.2) is 17.5 Å². The molecule has 0 N–H and O–H groups in total.